The number of nitrogens with one attached hydrogen (secondary N) is 1. The van der Waals surface area contributed by atoms with Crippen LogP contribution in [0.2, 0.25) is 0 Å². The number of fused-ring (bicyclic) bond motifs is 1. The number of thiazole rings is 1. The maximum atomic E-state index is 14.0. The lowest BCUT2D eigenvalue weighted by Crippen LogP contribution is -2.25. The number of amides is 1. The summed E-state index contributed by atoms with van der Waals surface area (Å²) in [5.41, 5.74) is 0.158. The summed E-state index contributed by atoms with van der Waals surface area (Å²) in [7, 11) is 1.25. The summed E-state index contributed by atoms with van der Waals surface area (Å²) in [6, 6.07) is 9.66. The van der Waals surface area contributed by atoms with E-state index < -0.39 is 23.1 Å². The second-order valence-electron chi connectivity index (χ2n) is 4.70. The zero-order valence-electron chi connectivity index (χ0n) is 12.1. The Morgan fingerprint density at radius 2 is 2.04 bits per heavy atom. The van der Waals surface area contributed by atoms with Crippen LogP contribution in [-0.4, -0.2) is 18.0 Å². The van der Waals surface area contributed by atoms with Crippen molar-refractivity contribution in [2.45, 2.75) is 6.54 Å². The smallest absolute Gasteiger partial charge is 0.257 e. The monoisotopic (exact) mass is 334 g/mol. The van der Waals surface area contributed by atoms with Gasteiger partial charge in [0.2, 0.25) is 0 Å². The summed E-state index contributed by atoms with van der Waals surface area (Å²) in [4.78, 5) is 16.4. The van der Waals surface area contributed by atoms with E-state index >= 15 is 0 Å². The second-order valence-corrected chi connectivity index (χ2v) is 5.81. The van der Waals surface area contributed by atoms with Crippen molar-refractivity contribution < 1.29 is 18.3 Å². The van der Waals surface area contributed by atoms with Gasteiger partial charge in [0.1, 0.15) is 16.4 Å². The molecule has 0 radical (unpaired) electrons. The van der Waals surface area contributed by atoms with Gasteiger partial charge in [-0.05, 0) is 24.3 Å². The molecule has 0 aliphatic heterocycles. The third-order valence-corrected chi connectivity index (χ3v) is 4.28. The van der Waals surface area contributed by atoms with Gasteiger partial charge >= 0.3 is 0 Å². The van der Waals surface area contributed by atoms with E-state index in [1.54, 1.807) is 0 Å². The topological polar surface area (TPSA) is 51.2 Å². The fourth-order valence-electron chi connectivity index (χ4n) is 2.14. The van der Waals surface area contributed by atoms with Crippen LogP contribution in [0.15, 0.2) is 36.4 Å². The maximum Gasteiger partial charge on any atom is 0.257 e. The summed E-state index contributed by atoms with van der Waals surface area (Å²) >= 11 is 1.41. The van der Waals surface area contributed by atoms with E-state index in [9.17, 15) is 13.6 Å². The number of methoxy groups -OCH3 is 1. The van der Waals surface area contributed by atoms with Crippen LogP contribution in [0.25, 0.3) is 10.2 Å². The lowest BCUT2D eigenvalue weighted by Gasteiger charge is -2.08. The molecule has 1 amide bonds. The van der Waals surface area contributed by atoms with Gasteiger partial charge in [-0.25, -0.2) is 13.8 Å². The minimum Gasteiger partial charge on any atom is -0.494 e. The van der Waals surface area contributed by atoms with Crippen LogP contribution in [0.3, 0.4) is 0 Å². The molecule has 0 bridgehead atoms. The Bertz CT molecular complexity index is 847. The molecule has 0 aliphatic rings. The van der Waals surface area contributed by atoms with Crippen LogP contribution in [0, 0.1) is 11.6 Å². The number of halogens is 2. The number of ether oxygens (including phenoxy) is 1. The Morgan fingerprint density at radius 1 is 1.26 bits per heavy atom. The van der Waals surface area contributed by atoms with Gasteiger partial charge in [-0.15, -0.1) is 11.3 Å². The maximum absolute atomic E-state index is 14.0. The molecule has 3 aromatic rings. The quantitative estimate of drug-likeness (QED) is 0.794. The van der Waals surface area contributed by atoms with Crippen molar-refractivity contribution in [2.24, 2.45) is 0 Å². The molecule has 7 heteroatoms. The molecule has 118 valence electrons. The molecule has 2 aromatic carbocycles. The highest BCUT2D eigenvalue weighted by atomic mass is 32.1. The number of carbonyl (C=O) groups is 1. The van der Waals surface area contributed by atoms with Gasteiger partial charge in [0, 0.05) is 0 Å². The number of hydrogen-bond acceptors (Lipinski definition) is 4. The molecule has 0 atom stereocenters. The molecule has 1 aromatic heterocycles. The van der Waals surface area contributed by atoms with Crippen molar-refractivity contribution in [3.05, 3.63) is 58.6 Å². The molecule has 3 rings (SSSR count). The highest BCUT2D eigenvalue weighted by molar-refractivity contribution is 7.18. The van der Waals surface area contributed by atoms with Crippen molar-refractivity contribution in [3.8, 4) is 5.75 Å². The number of hydrogen-bond donors (Lipinski definition) is 1. The molecule has 0 fully saturated rings. The van der Waals surface area contributed by atoms with Gasteiger partial charge < -0.3 is 10.1 Å². The number of nitrogens with zero attached hydrogens (tertiary/aromatic N) is 1. The van der Waals surface area contributed by atoms with E-state index in [2.05, 4.69) is 10.3 Å². The van der Waals surface area contributed by atoms with Gasteiger partial charge in [-0.1, -0.05) is 12.1 Å². The van der Waals surface area contributed by atoms with E-state index in [0.717, 1.165) is 22.3 Å². The average molecular weight is 334 g/mol. The van der Waals surface area contributed by atoms with Crippen LogP contribution < -0.4 is 10.1 Å². The Balaban J connectivity index is 1.79. The normalized spacial score (nSPS) is 10.7. The van der Waals surface area contributed by atoms with Gasteiger partial charge in [0.05, 0.1) is 23.9 Å². The van der Waals surface area contributed by atoms with Gasteiger partial charge in [-0.2, -0.15) is 0 Å². The zero-order chi connectivity index (χ0) is 16.4. The van der Waals surface area contributed by atoms with Crippen molar-refractivity contribution >= 4 is 27.5 Å². The molecule has 4 nitrogen and oxygen atoms in total. The first-order chi connectivity index (χ1) is 11.1. The molecule has 0 spiro atoms. The molecular formula is C16H12F2N2O2S. The summed E-state index contributed by atoms with van der Waals surface area (Å²) < 4.78 is 33.5. The Kier molecular flexibility index (Phi) is 4.20. The Labute approximate surface area is 134 Å². The van der Waals surface area contributed by atoms with Crippen molar-refractivity contribution in [1.29, 1.82) is 0 Å². The van der Waals surface area contributed by atoms with Crippen molar-refractivity contribution in [2.75, 3.05) is 7.11 Å². The average Bonchev–Trinajstić information content (AvgIpc) is 2.96. The third kappa shape index (κ3) is 3.00. The van der Waals surface area contributed by atoms with Gasteiger partial charge in [-0.3, -0.25) is 4.79 Å². The molecule has 0 aliphatic carbocycles. The third-order valence-electron chi connectivity index (χ3n) is 3.24. The predicted octanol–water partition coefficient (Wildman–Crippen LogP) is 3.51. The van der Waals surface area contributed by atoms with E-state index in [0.29, 0.717) is 5.01 Å². The molecule has 1 heterocycles. The molecule has 0 unspecified atom stereocenters. The first-order valence-electron chi connectivity index (χ1n) is 6.75. The summed E-state index contributed by atoms with van der Waals surface area (Å²) in [5, 5.41) is 3.14. The number of para-hydroxylation sites is 1. The molecule has 23 heavy (non-hydrogen) atoms. The first kappa shape index (κ1) is 15.4. The summed E-state index contributed by atoms with van der Waals surface area (Å²) in [6.07, 6.45) is 0. The lowest BCUT2D eigenvalue weighted by atomic mass is 10.1. The van der Waals surface area contributed by atoms with E-state index in [1.807, 2.05) is 24.3 Å². The molecule has 0 saturated carbocycles. The van der Waals surface area contributed by atoms with Gasteiger partial charge in [0.15, 0.2) is 11.6 Å². The van der Waals surface area contributed by atoms with Gasteiger partial charge in [0.25, 0.3) is 5.91 Å². The number of rotatable bonds is 4. The summed E-state index contributed by atoms with van der Waals surface area (Å²) in [5.74, 6) is -2.99. The van der Waals surface area contributed by atoms with E-state index in [4.69, 9.17) is 4.74 Å². The van der Waals surface area contributed by atoms with Crippen LogP contribution in [0.1, 0.15) is 15.4 Å². The van der Waals surface area contributed by atoms with E-state index in [-0.39, 0.29) is 12.3 Å². The van der Waals surface area contributed by atoms with Crippen LogP contribution in [0.5, 0.6) is 5.75 Å². The fourth-order valence-corrected chi connectivity index (χ4v) is 3.05. The highest BCUT2D eigenvalue weighted by Crippen LogP contribution is 2.24. The lowest BCUT2D eigenvalue weighted by molar-refractivity contribution is 0.0941. The number of carbonyl (C=O) groups excluding carboxylic acids is 1. The molecule has 1 N–H and O–H groups in total. The first-order valence-corrected chi connectivity index (χ1v) is 7.56. The minimum absolute atomic E-state index is 0.0915. The Hall–Kier alpha value is -2.54. The summed E-state index contributed by atoms with van der Waals surface area (Å²) in [6.45, 7) is 0.0915. The fraction of sp³-hybridized carbons (Fsp3) is 0.125. The minimum atomic E-state index is -1.02. The van der Waals surface area contributed by atoms with Crippen LogP contribution in [-0.2, 0) is 6.54 Å². The second kappa shape index (κ2) is 6.29. The standard InChI is InChI=1S/C16H12F2N2O2S/c1-22-11-7-6-9(17)14(15(11)18)16(21)19-8-13-20-10-4-2-3-5-12(10)23-13/h2-7H,8H2,1H3,(H,19,21). The SMILES string of the molecule is COc1ccc(F)c(C(=O)NCc2nc3ccccc3s2)c1F. The van der Waals surface area contributed by atoms with Crippen LogP contribution >= 0.6 is 11.3 Å². The van der Waals surface area contributed by atoms with Crippen LogP contribution in [0.4, 0.5) is 8.78 Å². The van der Waals surface area contributed by atoms with E-state index in [1.165, 1.54) is 18.4 Å². The highest BCUT2D eigenvalue weighted by Gasteiger charge is 2.21. The number of benzene rings is 2. The van der Waals surface area contributed by atoms with Crippen molar-refractivity contribution in [3.63, 3.8) is 0 Å². The largest absolute Gasteiger partial charge is 0.494 e. The number of aromatic nitrogens is 1. The predicted molar refractivity (Wildman–Crippen MR) is 83.7 cm³/mol. The zero-order valence-corrected chi connectivity index (χ0v) is 12.9. The molecule has 0 saturated heterocycles. The molecular weight excluding hydrogens is 322 g/mol. The van der Waals surface area contributed by atoms with Crippen molar-refractivity contribution in [1.82, 2.24) is 10.3 Å². The Morgan fingerprint density at radius 3 is 2.78 bits per heavy atom.